The van der Waals surface area contributed by atoms with Crippen LogP contribution in [0.2, 0.25) is 0 Å². The van der Waals surface area contributed by atoms with Crippen LogP contribution in [0.3, 0.4) is 0 Å². The molecule has 1 heterocycles. The standard InChI is InChI=1S/C23H17NO6/c1-28-21-10-7-16(11-20(21)24(26)27)19-14-30-22-12-17(8-9-18(22)23(19)25)29-13-15-5-3-2-4-6-15/h2-12,14H,13H2,1H3. The zero-order valence-corrected chi connectivity index (χ0v) is 16.0. The Hall–Kier alpha value is -4.13. The predicted molar refractivity (Wildman–Crippen MR) is 112 cm³/mol. The van der Waals surface area contributed by atoms with Crippen molar-refractivity contribution in [1.29, 1.82) is 0 Å². The molecule has 0 aliphatic carbocycles. The molecule has 3 aromatic carbocycles. The number of hydrogen-bond acceptors (Lipinski definition) is 6. The highest BCUT2D eigenvalue weighted by Crippen LogP contribution is 2.32. The summed E-state index contributed by atoms with van der Waals surface area (Å²) in [5.41, 5.74) is 1.49. The number of rotatable bonds is 6. The van der Waals surface area contributed by atoms with E-state index < -0.39 is 4.92 Å². The minimum atomic E-state index is -0.554. The lowest BCUT2D eigenvalue weighted by atomic mass is 10.0. The maximum absolute atomic E-state index is 13.0. The summed E-state index contributed by atoms with van der Waals surface area (Å²) in [4.78, 5) is 23.7. The number of nitro groups is 1. The lowest BCUT2D eigenvalue weighted by Crippen LogP contribution is -2.05. The molecule has 0 atom stereocenters. The Morgan fingerprint density at radius 1 is 1.03 bits per heavy atom. The summed E-state index contributed by atoms with van der Waals surface area (Å²) in [7, 11) is 1.35. The van der Waals surface area contributed by atoms with Gasteiger partial charge in [-0.3, -0.25) is 14.9 Å². The number of nitro benzene ring substituents is 1. The molecule has 0 unspecified atom stereocenters. The van der Waals surface area contributed by atoms with Gasteiger partial charge in [-0.1, -0.05) is 30.3 Å². The van der Waals surface area contributed by atoms with Gasteiger partial charge in [0.2, 0.25) is 0 Å². The fourth-order valence-electron chi connectivity index (χ4n) is 3.14. The second-order valence-corrected chi connectivity index (χ2v) is 6.55. The molecule has 0 aliphatic rings. The molecule has 0 saturated carbocycles. The van der Waals surface area contributed by atoms with E-state index in [1.807, 2.05) is 30.3 Å². The molecule has 0 saturated heterocycles. The molecule has 7 heteroatoms. The molecular formula is C23H17NO6. The van der Waals surface area contributed by atoms with Crippen LogP contribution in [0.25, 0.3) is 22.1 Å². The van der Waals surface area contributed by atoms with Gasteiger partial charge in [0, 0.05) is 12.1 Å². The Bertz CT molecular complexity index is 1280. The van der Waals surface area contributed by atoms with E-state index in [1.54, 1.807) is 24.3 Å². The summed E-state index contributed by atoms with van der Waals surface area (Å²) >= 11 is 0. The van der Waals surface area contributed by atoms with E-state index in [0.29, 0.717) is 28.9 Å². The molecule has 0 radical (unpaired) electrons. The van der Waals surface area contributed by atoms with Gasteiger partial charge in [-0.25, -0.2) is 0 Å². The van der Waals surface area contributed by atoms with Crippen molar-refractivity contribution < 1.29 is 18.8 Å². The van der Waals surface area contributed by atoms with E-state index in [1.165, 1.54) is 25.5 Å². The van der Waals surface area contributed by atoms with Crippen LogP contribution < -0.4 is 14.9 Å². The second-order valence-electron chi connectivity index (χ2n) is 6.55. The molecule has 0 N–H and O–H groups in total. The summed E-state index contributed by atoms with van der Waals surface area (Å²) in [5.74, 6) is 0.691. The maximum atomic E-state index is 13.0. The third-order valence-electron chi connectivity index (χ3n) is 4.68. The van der Waals surface area contributed by atoms with Gasteiger partial charge >= 0.3 is 5.69 Å². The Labute approximate surface area is 171 Å². The summed E-state index contributed by atoms with van der Waals surface area (Å²) in [6.45, 7) is 0.393. The number of methoxy groups -OCH3 is 1. The van der Waals surface area contributed by atoms with Crippen LogP contribution in [0.1, 0.15) is 5.56 Å². The smallest absolute Gasteiger partial charge is 0.311 e. The molecule has 0 bridgehead atoms. The summed E-state index contributed by atoms with van der Waals surface area (Å²) in [5, 5.41) is 11.6. The lowest BCUT2D eigenvalue weighted by Gasteiger charge is -2.08. The number of nitrogens with zero attached hydrogens (tertiary/aromatic N) is 1. The van der Waals surface area contributed by atoms with Crippen LogP contribution in [0, 0.1) is 10.1 Å². The van der Waals surface area contributed by atoms with Crippen LogP contribution in [0.4, 0.5) is 5.69 Å². The van der Waals surface area contributed by atoms with Crippen molar-refractivity contribution in [1.82, 2.24) is 0 Å². The van der Waals surface area contributed by atoms with Crippen molar-refractivity contribution in [2.24, 2.45) is 0 Å². The molecular weight excluding hydrogens is 386 g/mol. The highest BCUT2D eigenvalue weighted by Gasteiger charge is 2.18. The van der Waals surface area contributed by atoms with Crippen LogP contribution in [0.15, 0.2) is 82.2 Å². The first-order chi connectivity index (χ1) is 14.6. The molecule has 0 fully saturated rings. The summed E-state index contributed by atoms with van der Waals surface area (Å²) in [6, 6.07) is 19.0. The van der Waals surface area contributed by atoms with Gasteiger partial charge in [0.1, 0.15) is 24.2 Å². The highest BCUT2D eigenvalue weighted by atomic mass is 16.6. The Morgan fingerprint density at radius 2 is 1.83 bits per heavy atom. The van der Waals surface area contributed by atoms with Crippen LogP contribution >= 0.6 is 0 Å². The molecule has 0 aliphatic heterocycles. The van der Waals surface area contributed by atoms with Gasteiger partial charge in [-0.2, -0.15) is 0 Å². The first kappa shape index (κ1) is 19.2. The second kappa shape index (κ2) is 8.08. The van der Waals surface area contributed by atoms with Crippen molar-refractivity contribution in [2.45, 2.75) is 6.61 Å². The number of ether oxygens (including phenoxy) is 2. The molecule has 0 amide bonds. The molecule has 30 heavy (non-hydrogen) atoms. The maximum Gasteiger partial charge on any atom is 0.311 e. The van der Waals surface area contributed by atoms with Gasteiger partial charge in [0.25, 0.3) is 0 Å². The Kier molecular flexibility index (Phi) is 5.17. The average Bonchev–Trinajstić information content (AvgIpc) is 2.78. The fraction of sp³-hybridized carbons (Fsp3) is 0.0870. The van der Waals surface area contributed by atoms with Crippen molar-refractivity contribution in [2.75, 3.05) is 7.11 Å². The first-order valence-corrected chi connectivity index (χ1v) is 9.12. The van der Waals surface area contributed by atoms with Crippen LogP contribution in [-0.4, -0.2) is 12.0 Å². The Morgan fingerprint density at radius 3 is 2.57 bits per heavy atom. The lowest BCUT2D eigenvalue weighted by molar-refractivity contribution is -0.385. The summed E-state index contributed by atoms with van der Waals surface area (Å²) in [6.07, 6.45) is 1.30. The Balaban J connectivity index is 1.67. The number of benzene rings is 3. The topological polar surface area (TPSA) is 91.8 Å². The normalized spacial score (nSPS) is 10.7. The molecule has 1 aromatic heterocycles. The van der Waals surface area contributed by atoms with E-state index in [2.05, 4.69) is 0 Å². The monoisotopic (exact) mass is 403 g/mol. The number of hydrogen-bond donors (Lipinski definition) is 0. The molecule has 4 aromatic rings. The fourth-order valence-corrected chi connectivity index (χ4v) is 3.14. The van der Waals surface area contributed by atoms with Crippen molar-refractivity contribution in [3.05, 3.63) is 98.9 Å². The van der Waals surface area contributed by atoms with Gasteiger partial charge in [0.15, 0.2) is 11.2 Å². The van der Waals surface area contributed by atoms with Crippen LogP contribution in [-0.2, 0) is 6.61 Å². The minimum absolute atomic E-state index is 0.120. The van der Waals surface area contributed by atoms with E-state index in [-0.39, 0.29) is 22.4 Å². The molecule has 4 rings (SSSR count). The van der Waals surface area contributed by atoms with Crippen LogP contribution in [0.5, 0.6) is 11.5 Å². The average molecular weight is 403 g/mol. The summed E-state index contributed by atoms with van der Waals surface area (Å²) < 4.78 is 16.4. The zero-order valence-electron chi connectivity index (χ0n) is 16.0. The SMILES string of the molecule is COc1ccc(-c2coc3cc(OCc4ccccc4)ccc3c2=O)cc1[N+](=O)[O-]. The van der Waals surface area contributed by atoms with Gasteiger partial charge in [-0.15, -0.1) is 0 Å². The highest BCUT2D eigenvalue weighted by molar-refractivity contribution is 5.83. The van der Waals surface area contributed by atoms with E-state index in [0.717, 1.165) is 5.56 Å². The van der Waals surface area contributed by atoms with E-state index >= 15 is 0 Å². The predicted octanol–water partition coefficient (Wildman–Crippen LogP) is 4.96. The van der Waals surface area contributed by atoms with Crippen molar-refractivity contribution in [3.8, 4) is 22.6 Å². The van der Waals surface area contributed by atoms with Gasteiger partial charge in [0.05, 0.1) is 23.0 Å². The van der Waals surface area contributed by atoms with Gasteiger partial charge < -0.3 is 13.9 Å². The van der Waals surface area contributed by atoms with E-state index in [4.69, 9.17) is 13.9 Å². The zero-order chi connectivity index (χ0) is 21.1. The molecule has 0 spiro atoms. The van der Waals surface area contributed by atoms with E-state index in [9.17, 15) is 14.9 Å². The molecule has 150 valence electrons. The largest absolute Gasteiger partial charge is 0.490 e. The number of fused-ring (bicyclic) bond motifs is 1. The van der Waals surface area contributed by atoms with Crippen molar-refractivity contribution >= 4 is 16.7 Å². The first-order valence-electron chi connectivity index (χ1n) is 9.12. The quantitative estimate of drug-likeness (QED) is 0.334. The third-order valence-corrected chi connectivity index (χ3v) is 4.68. The minimum Gasteiger partial charge on any atom is -0.490 e. The van der Waals surface area contributed by atoms with Crippen molar-refractivity contribution in [3.63, 3.8) is 0 Å². The third kappa shape index (κ3) is 3.73. The molecule has 7 nitrogen and oxygen atoms in total. The van der Waals surface area contributed by atoms with Gasteiger partial charge in [-0.05, 0) is 35.4 Å².